The lowest BCUT2D eigenvalue weighted by atomic mass is 10.3. The zero-order valence-corrected chi connectivity index (χ0v) is 11.9. The minimum absolute atomic E-state index is 0.378. The number of nitrogen functional groups attached to an aromatic ring is 1. The molecule has 9 heteroatoms. The molecule has 18 heavy (non-hydrogen) atoms. The summed E-state index contributed by atoms with van der Waals surface area (Å²) in [5.74, 6) is 0.954. The fourth-order valence-corrected chi connectivity index (χ4v) is 3.56. The predicted molar refractivity (Wildman–Crippen MR) is 71.7 cm³/mol. The average Bonchev–Trinajstić information content (AvgIpc) is 2.69. The Morgan fingerprint density at radius 3 is 2.44 bits per heavy atom. The summed E-state index contributed by atoms with van der Waals surface area (Å²) in [4.78, 5) is 2.05. The van der Waals surface area contributed by atoms with Crippen molar-refractivity contribution < 1.29 is 13.2 Å². The molecule has 0 unspecified atom stereocenters. The summed E-state index contributed by atoms with van der Waals surface area (Å²) in [6.45, 7) is 2.18. The molecular formula is C9H16N4O3S2. The number of aromatic nitrogens is 1. The maximum Gasteiger partial charge on any atom is 0.211 e. The zero-order chi connectivity index (χ0) is 13.3. The van der Waals surface area contributed by atoms with E-state index < -0.39 is 10.0 Å². The van der Waals surface area contributed by atoms with Crippen LogP contribution in [0.2, 0.25) is 0 Å². The third-order valence-corrected chi connectivity index (χ3v) is 5.06. The first-order chi connectivity index (χ1) is 8.43. The van der Waals surface area contributed by atoms with Gasteiger partial charge in [0.05, 0.1) is 13.4 Å². The molecule has 0 radical (unpaired) electrons. The van der Waals surface area contributed by atoms with Crippen LogP contribution in [-0.2, 0) is 10.0 Å². The highest BCUT2D eigenvalue weighted by molar-refractivity contribution is 7.88. The molecule has 2 heterocycles. The number of hydrogen-bond acceptors (Lipinski definition) is 7. The van der Waals surface area contributed by atoms with Crippen molar-refractivity contribution in [2.75, 3.05) is 50.2 Å². The summed E-state index contributed by atoms with van der Waals surface area (Å²) in [7, 11) is -1.55. The molecule has 0 atom stereocenters. The van der Waals surface area contributed by atoms with Crippen molar-refractivity contribution in [3.63, 3.8) is 0 Å². The first-order valence-corrected chi connectivity index (χ1v) is 8.05. The van der Waals surface area contributed by atoms with Crippen LogP contribution in [0.5, 0.6) is 5.75 Å². The minimum Gasteiger partial charge on any atom is -0.490 e. The highest BCUT2D eigenvalue weighted by Gasteiger charge is 2.26. The van der Waals surface area contributed by atoms with Crippen LogP contribution in [0, 0.1) is 0 Å². The van der Waals surface area contributed by atoms with Crippen LogP contribution in [-0.4, -0.2) is 56.6 Å². The van der Waals surface area contributed by atoms with Crippen LogP contribution in [0.15, 0.2) is 0 Å². The summed E-state index contributed by atoms with van der Waals surface area (Å²) in [5, 5.41) is 0.864. The van der Waals surface area contributed by atoms with E-state index in [-0.39, 0.29) is 0 Å². The number of methoxy groups -OCH3 is 1. The van der Waals surface area contributed by atoms with E-state index in [2.05, 4.69) is 9.27 Å². The van der Waals surface area contributed by atoms with Gasteiger partial charge in [0.1, 0.15) is 0 Å². The van der Waals surface area contributed by atoms with Gasteiger partial charge in [-0.1, -0.05) is 0 Å². The molecule has 0 amide bonds. The van der Waals surface area contributed by atoms with Crippen LogP contribution >= 0.6 is 11.5 Å². The first kappa shape index (κ1) is 13.4. The number of sulfonamides is 1. The van der Waals surface area contributed by atoms with E-state index in [1.54, 1.807) is 7.11 Å². The molecule has 1 fully saturated rings. The molecule has 0 aliphatic carbocycles. The number of nitrogens with two attached hydrogens (primary N) is 1. The fraction of sp³-hybridized carbons (Fsp3) is 0.667. The molecule has 0 spiro atoms. The fourth-order valence-electron chi connectivity index (χ4n) is 1.90. The van der Waals surface area contributed by atoms with Crippen molar-refractivity contribution in [1.29, 1.82) is 0 Å². The van der Waals surface area contributed by atoms with E-state index in [9.17, 15) is 8.42 Å². The Bertz CT molecular complexity index is 520. The quantitative estimate of drug-likeness (QED) is 0.831. The van der Waals surface area contributed by atoms with Gasteiger partial charge in [0.2, 0.25) is 10.0 Å². The lowest BCUT2D eigenvalue weighted by Gasteiger charge is -2.33. The number of hydrogen-bond donors (Lipinski definition) is 1. The molecule has 1 aromatic rings. The Kier molecular flexibility index (Phi) is 3.64. The lowest BCUT2D eigenvalue weighted by molar-refractivity contribution is 0.383. The highest BCUT2D eigenvalue weighted by Crippen LogP contribution is 2.38. The van der Waals surface area contributed by atoms with Crippen LogP contribution in [0.3, 0.4) is 0 Å². The first-order valence-electron chi connectivity index (χ1n) is 5.42. The molecule has 2 N–H and O–H groups in total. The third-order valence-electron chi connectivity index (χ3n) is 2.86. The van der Waals surface area contributed by atoms with Crippen molar-refractivity contribution in [3.8, 4) is 5.75 Å². The number of nitrogens with zero attached hydrogens (tertiary/aromatic N) is 3. The largest absolute Gasteiger partial charge is 0.490 e. The Morgan fingerprint density at radius 1 is 1.33 bits per heavy atom. The molecule has 0 aromatic carbocycles. The molecule has 1 aromatic heterocycles. The topological polar surface area (TPSA) is 88.8 Å². The van der Waals surface area contributed by atoms with Gasteiger partial charge >= 0.3 is 0 Å². The second-order valence-electron chi connectivity index (χ2n) is 4.06. The van der Waals surface area contributed by atoms with E-state index in [4.69, 9.17) is 10.5 Å². The van der Waals surface area contributed by atoms with Crippen LogP contribution in [0.25, 0.3) is 0 Å². The number of piperazine rings is 1. The molecular weight excluding hydrogens is 276 g/mol. The van der Waals surface area contributed by atoms with Gasteiger partial charge in [0.25, 0.3) is 0 Å². The maximum absolute atomic E-state index is 11.4. The normalized spacial score (nSPS) is 18.0. The number of rotatable bonds is 3. The van der Waals surface area contributed by atoms with Gasteiger partial charge in [-0.15, -0.1) is 0 Å². The zero-order valence-electron chi connectivity index (χ0n) is 10.3. The van der Waals surface area contributed by atoms with E-state index >= 15 is 0 Å². The molecule has 1 saturated heterocycles. The molecule has 102 valence electrons. The van der Waals surface area contributed by atoms with E-state index in [0.29, 0.717) is 37.7 Å². The molecule has 1 aliphatic rings. The molecule has 2 rings (SSSR count). The summed E-state index contributed by atoms with van der Waals surface area (Å²) >= 11 is 1.27. The Labute approximate surface area is 110 Å². The molecule has 1 aliphatic heterocycles. The third kappa shape index (κ3) is 2.52. The van der Waals surface area contributed by atoms with Crippen molar-refractivity contribution in [1.82, 2.24) is 8.68 Å². The monoisotopic (exact) mass is 292 g/mol. The highest BCUT2D eigenvalue weighted by atomic mass is 32.2. The van der Waals surface area contributed by atoms with Gasteiger partial charge in [0, 0.05) is 26.2 Å². The number of anilines is 2. The Balaban J connectivity index is 2.10. The van der Waals surface area contributed by atoms with Crippen molar-refractivity contribution in [2.24, 2.45) is 0 Å². The van der Waals surface area contributed by atoms with Gasteiger partial charge in [-0.3, -0.25) is 0 Å². The number of ether oxygens (including phenoxy) is 1. The smallest absolute Gasteiger partial charge is 0.211 e. The van der Waals surface area contributed by atoms with Crippen LogP contribution in [0.4, 0.5) is 10.8 Å². The van der Waals surface area contributed by atoms with Gasteiger partial charge < -0.3 is 15.4 Å². The summed E-state index contributed by atoms with van der Waals surface area (Å²) < 4.78 is 33.6. The van der Waals surface area contributed by atoms with Crippen molar-refractivity contribution in [2.45, 2.75) is 0 Å². The maximum atomic E-state index is 11.4. The molecule has 0 saturated carbocycles. The summed E-state index contributed by atoms with van der Waals surface area (Å²) in [5.41, 5.74) is 5.70. The van der Waals surface area contributed by atoms with E-state index in [1.165, 1.54) is 22.1 Å². The SMILES string of the molecule is COc1c(N)nsc1N1CCN(S(C)(=O)=O)CC1. The lowest BCUT2D eigenvalue weighted by Crippen LogP contribution is -2.48. The Morgan fingerprint density at radius 2 is 1.94 bits per heavy atom. The molecule has 7 nitrogen and oxygen atoms in total. The van der Waals surface area contributed by atoms with Crippen molar-refractivity contribution >= 4 is 32.4 Å². The standard InChI is InChI=1S/C9H16N4O3S2/c1-16-7-8(10)11-17-9(7)12-3-5-13(6-4-12)18(2,14)15/h3-6H2,1-2H3,(H2,10,11). The van der Waals surface area contributed by atoms with Crippen LogP contribution < -0.4 is 15.4 Å². The van der Waals surface area contributed by atoms with Gasteiger partial charge in [-0.25, -0.2) is 8.42 Å². The minimum atomic E-state index is -3.10. The second kappa shape index (κ2) is 4.90. The summed E-state index contributed by atoms with van der Waals surface area (Å²) in [6, 6.07) is 0. The Hall–Kier alpha value is -1.06. The average molecular weight is 292 g/mol. The molecule has 0 bridgehead atoms. The van der Waals surface area contributed by atoms with Crippen LogP contribution in [0.1, 0.15) is 0 Å². The van der Waals surface area contributed by atoms with Gasteiger partial charge in [-0.2, -0.15) is 8.68 Å². The van der Waals surface area contributed by atoms with E-state index in [1.807, 2.05) is 0 Å². The van der Waals surface area contributed by atoms with E-state index in [0.717, 1.165) is 5.00 Å². The van der Waals surface area contributed by atoms with Gasteiger partial charge in [0.15, 0.2) is 16.6 Å². The predicted octanol–water partition coefficient (Wildman–Crippen LogP) is -0.184. The summed E-state index contributed by atoms with van der Waals surface area (Å²) in [6.07, 6.45) is 1.23. The second-order valence-corrected chi connectivity index (χ2v) is 6.79. The van der Waals surface area contributed by atoms with Crippen molar-refractivity contribution in [3.05, 3.63) is 0 Å². The van der Waals surface area contributed by atoms with Gasteiger partial charge in [-0.05, 0) is 11.5 Å².